The fraction of sp³-hybridized carbons (Fsp3) is 0.600. The average Bonchev–Trinajstić information content (AvgIpc) is 2.88. The summed E-state index contributed by atoms with van der Waals surface area (Å²) in [6, 6.07) is 1.74. The van der Waals surface area contributed by atoms with Crippen LogP contribution in [0.3, 0.4) is 0 Å². The second-order valence-electron chi connectivity index (χ2n) is 3.58. The molecule has 2 rings (SSSR count). The van der Waals surface area contributed by atoms with Crippen molar-refractivity contribution in [3.63, 3.8) is 0 Å². The van der Waals surface area contributed by atoms with E-state index in [1.165, 1.54) is 24.4 Å². The molecule has 0 N–H and O–H groups in total. The van der Waals surface area contributed by atoms with E-state index in [0.29, 0.717) is 5.88 Å². The summed E-state index contributed by atoms with van der Waals surface area (Å²) in [6.07, 6.45) is 4.46. The minimum atomic E-state index is 0.236. The van der Waals surface area contributed by atoms with E-state index in [4.69, 9.17) is 4.74 Å². The molecule has 76 valence electrons. The van der Waals surface area contributed by atoms with Crippen molar-refractivity contribution in [1.29, 1.82) is 0 Å². The normalized spacial score (nSPS) is 17.2. The molecule has 0 aromatic carbocycles. The summed E-state index contributed by atoms with van der Waals surface area (Å²) in [5.74, 6) is 1.04. The Balaban J connectivity index is 2.09. The maximum Gasteiger partial charge on any atom is 0.225 e. The lowest BCUT2D eigenvalue weighted by Crippen LogP contribution is -2.08. The Kier molecular flexibility index (Phi) is 2.82. The molecule has 0 spiro atoms. The quantitative estimate of drug-likeness (QED) is 0.721. The van der Waals surface area contributed by atoms with Gasteiger partial charge in [0.15, 0.2) is 5.78 Å². The molecule has 14 heavy (non-hydrogen) atoms. The van der Waals surface area contributed by atoms with E-state index in [1.54, 1.807) is 13.2 Å². The summed E-state index contributed by atoms with van der Waals surface area (Å²) in [7, 11) is 1.57. The highest BCUT2D eigenvalue weighted by Crippen LogP contribution is 2.30. The number of carbonyl (C=O) groups excluding carboxylic acids is 1. The van der Waals surface area contributed by atoms with Gasteiger partial charge in [0.25, 0.3) is 0 Å². The Bertz CT molecular complexity index is 329. The zero-order valence-electron chi connectivity index (χ0n) is 8.16. The van der Waals surface area contributed by atoms with Crippen molar-refractivity contribution in [2.45, 2.75) is 25.7 Å². The number of ether oxygens (including phenoxy) is 1. The number of aromatic nitrogens is 1. The fourth-order valence-electron chi connectivity index (χ4n) is 1.86. The summed E-state index contributed by atoms with van der Waals surface area (Å²) in [5, 5.41) is 0. The van der Waals surface area contributed by atoms with E-state index < -0.39 is 0 Å². The van der Waals surface area contributed by atoms with E-state index in [9.17, 15) is 4.79 Å². The van der Waals surface area contributed by atoms with Crippen molar-refractivity contribution >= 4 is 17.3 Å². The topological polar surface area (TPSA) is 39.2 Å². The van der Waals surface area contributed by atoms with Crippen molar-refractivity contribution in [2.75, 3.05) is 7.11 Å². The first-order chi connectivity index (χ1) is 6.81. The van der Waals surface area contributed by atoms with Gasteiger partial charge >= 0.3 is 0 Å². The number of methoxy groups -OCH3 is 1. The zero-order chi connectivity index (χ0) is 9.97. The van der Waals surface area contributed by atoms with Crippen molar-refractivity contribution in [2.24, 2.45) is 5.92 Å². The Morgan fingerprint density at radius 2 is 2.29 bits per heavy atom. The number of hydrogen-bond donors (Lipinski definition) is 0. The molecule has 0 radical (unpaired) electrons. The Labute approximate surface area is 87.3 Å². The first-order valence-corrected chi connectivity index (χ1v) is 5.63. The fourth-order valence-corrected chi connectivity index (χ4v) is 2.59. The molecule has 1 aliphatic rings. The van der Waals surface area contributed by atoms with Crippen LogP contribution in [-0.4, -0.2) is 17.3 Å². The van der Waals surface area contributed by atoms with Gasteiger partial charge in [-0.05, 0) is 24.4 Å². The molecular weight excluding hydrogens is 198 g/mol. The van der Waals surface area contributed by atoms with Crippen LogP contribution in [0.15, 0.2) is 6.07 Å². The highest BCUT2D eigenvalue weighted by Gasteiger charge is 2.25. The van der Waals surface area contributed by atoms with E-state index in [2.05, 4.69) is 4.37 Å². The molecular formula is C10H13NO2S. The highest BCUT2D eigenvalue weighted by atomic mass is 32.1. The molecule has 0 amide bonds. The summed E-state index contributed by atoms with van der Waals surface area (Å²) in [5.41, 5.74) is 0. The molecule has 1 fully saturated rings. The van der Waals surface area contributed by atoms with E-state index >= 15 is 0 Å². The summed E-state index contributed by atoms with van der Waals surface area (Å²) >= 11 is 1.24. The van der Waals surface area contributed by atoms with Crippen LogP contribution >= 0.6 is 11.5 Å². The van der Waals surface area contributed by atoms with Crippen molar-refractivity contribution in [3.8, 4) is 5.88 Å². The van der Waals surface area contributed by atoms with Crippen molar-refractivity contribution < 1.29 is 9.53 Å². The van der Waals surface area contributed by atoms with Gasteiger partial charge < -0.3 is 4.74 Å². The summed E-state index contributed by atoms with van der Waals surface area (Å²) in [6.45, 7) is 0. The zero-order valence-corrected chi connectivity index (χ0v) is 8.97. The average molecular weight is 211 g/mol. The summed E-state index contributed by atoms with van der Waals surface area (Å²) in [4.78, 5) is 12.6. The molecule has 0 aliphatic heterocycles. The predicted molar refractivity (Wildman–Crippen MR) is 55.0 cm³/mol. The summed E-state index contributed by atoms with van der Waals surface area (Å²) < 4.78 is 8.98. The van der Waals surface area contributed by atoms with Crippen LogP contribution in [0, 0.1) is 5.92 Å². The third-order valence-electron chi connectivity index (χ3n) is 2.67. The number of ketones is 1. The number of rotatable bonds is 3. The number of Topliss-reactive ketones (excluding diaryl/α,β-unsaturated/α-hetero) is 1. The van der Waals surface area contributed by atoms with Gasteiger partial charge in [0.1, 0.15) is 0 Å². The van der Waals surface area contributed by atoms with Gasteiger partial charge in [0, 0.05) is 12.0 Å². The van der Waals surface area contributed by atoms with Crippen molar-refractivity contribution in [1.82, 2.24) is 4.37 Å². The minimum absolute atomic E-state index is 0.236. The molecule has 1 aliphatic carbocycles. The third-order valence-corrected chi connectivity index (χ3v) is 3.45. The largest absolute Gasteiger partial charge is 0.480 e. The molecule has 0 atom stereocenters. The molecule has 1 aromatic heterocycles. The molecule has 4 heteroatoms. The number of carbonyl (C=O) groups is 1. The SMILES string of the molecule is COc1cc(C(=O)C2CCCC2)sn1. The monoisotopic (exact) mass is 211 g/mol. The van der Waals surface area contributed by atoms with E-state index in [0.717, 1.165) is 17.7 Å². The molecule has 1 saturated carbocycles. The molecule has 0 unspecified atom stereocenters. The van der Waals surface area contributed by atoms with Crippen LogP contribution < -0.4 is 4.74 Å². The lowest BCUT2D eigenvalue weighted by Gasteiger charge is -2.03. The maximum atomic E-state index is 11.9. The third kappa shape index (κ3) is 1.80. The standard InChI is InChI=1S/C10H13NO2S/c1-13-9-6-8(14-11-9)10(12)7-4-2-3-5-7/h6-7H,2-5H2,1H3. The van der Waals surface area contributed by atoms with Gasteiger partial charge in [-0.15, -0.1) is 0 Å². The van der Waals surface area contributed by atoms with Crippen LogP contribution in [0.2, 0.25) is 0 Å². The lowest BCUT2D eigenvalue weighted by atomic mass is 10.0. The lowest BCUT2D eigenvalue weighted by molar-refractivity contribution is 0.0927. The Hall–Kier alpha value is -0.900. The van der Waals surface area contributed by atoms with Crippen molar-refractivity contribution in [3.05, 3.63) is 10.9 Å². The van der Waals surface area contributed by atoms with Gasteiger partial charge in [0.2, 0.25) is 5.88 Å². The van der Waals surface area contributed by atoms with Crippen LogP contribution in [-0.2, 0) is 0 Å². The second kappa shape index (κ2) is 4.09. The predicted octanol–water partition coefficient (Wildman–Crippen LogP) is 2.52. The molecule has 1 heterocycles. The Morgan fingerprint density at radius 1 is 1.57 bits per heavy atom. The maximum absolute atomic E-state index is 11.9. The van der Waals surface area contributed by atoms with Gasteiger partial charge in [-0.25, -0.2) is 0 Å². The van der Waals surface area contributed by atoms with Gasteiger partial charge in [0.05, 0.1) is 12.0 Å². The van der Waals surface area contributed by atoms with Gasteiger partial charge in [-0.1, -0.05) is 12.8 Å². The molecule has 1 aromatic rings. The minimum Gasteiger partial charge on any atom is -0.480 e. The van der Waals surface area contributed by atoms with Crippen LogP contribution in [0.25, 0.3) is 0 Å². The van der Waals surface area contributed by atoms with E-state index in [1.807, 2.05) is 0 Å². The number of nitrogens with zero attached hydrogens (tertiary/aromatic N) is 1. The van der Waals surface area contributed by atoms with Gasteiger partial charge in [-0.3, -0.25) is 4.79 Å². The molecule has 0 bridgehead atoms. The van der Waals surface area contributed by atoms with Crippen LogP contribution in [0.5, 0.6) is 5.88 Å². The molecule has 3 nitrogen and oxygen atoms in total. The van der Waals surface area contributed by atoms with Crippen LogP contribution in [0.4, 0.5) is 0 Å². The van der Waals surface area contributed by atoms with Gasteiger partial charge in [-0.2, -0.15) is 4.37 Å². The Morgan fingerprint density at radius 3 is 2.86 bits per heavy atom. The number of hydrogen-bond acceptors (Lipinski definition) is 4. The molecule has 0 saturated heterocycles. The first kappa shape index (κ1) is 9.65. The first-order valence-electron chi connectivity index (χ1n) is 4.86. The highest BCUT2D eigenvalue weighted by molar-refractivity contribution is 7.08. The van der Waals surface area contributed by atoms with Crippen LogP contribution in [0.1, 0.15) is 35.4 Å². The second-order valence-corrected chi connectivity index (χ2v) is 4.38. The smallest absolute Gasteiger partial charge is 0.225 e. The van der Waals surface area contributed by atoms with E-state index in [-0.39, 0.29) is 11.7 Å².